The molecule has 0 aliphatic rings. The largest absolute Gasteiger partial charge is 0.354 e. The van der Waals surface area contributed by atoms with Crippen LogP contribution < -0.4 is 10.9 Å². The summed E-state index contributed by atoms with van der Waals surface area (Å²) in [5.74, 6) is -0.0526. The van der Waals surface area contributed by atoms with E-state index < -0.39 is 0 Å². The van der Waals surface area contributed by atoms with Gasteiger partial charge in [-0.3, -0.25) is 14.2 Å². The minimum atomic E-state index is -0.0765. The van der Waals surface area contributed by atoms with Crippen LogP contribution in [0.15, 0.2) is 22.6 Å². The fourth-order valence-corrected chi connectivity index (χ4v) is 2.45. The lowest BCUT2D eigenvalue weighted by molar-refractivity contribution is -0.121. The van der Waals surface area contributed by atoms with Crippen molar-refractivity contribution in [3.8, 4) is 0 Å². The van der Waals surface area contributed by atoms with E-state index in [1.807, 2.05) is 25.3 Å². The van der Waals surface area contributed by atoms with Crippen LogP contribution in [0.3, 0.4) is 0 Å². The summed E-state index contributed by atoms with van der Waals surface area (Å²) in [6.45, 7) is 4.17. The van der Waals surface area contributed by atoms with Gasteiger partial charge in [-0.05, 0) is 25.3 Å². The van der Waals surface area contributed by atoms with Crippen molar-refractivity contribution in [2.24, 2.45) is 0 Å². The number of aromatic nitrogens is 2. The lowest BCUT2D eigenvalue weighted by atomic mass is 10.3. The Morgan fingerprint density at radius 2 is 2.33 bits per heavy atom. The van der Waals surface area contributed by atoms with E-state index in [-0.39, 0.29) is 23.9 Å². The highest BCUT2D eigenvalue weighted by Crippen LogP contribution is 2.13. The van der Waals surface area contributed by atoms with Crippen molar-refractivity contribution in [3.05, 3.63) is 28.1 Å². The van der Waals surface area contributed by atoms with Crippen molar-refractivity contribution in [2.75, 3.05) is 0 Å². The molecule has 0 aromatic carbocycles. The second-order valence-corrected chi connectivity index (χ2v) is 5.27. The number of thiophene rings is 1. The topological polar surface area (TPSA) is 64.0 Å². The second-order valence-electron chi connectivity index (χ2n) is 4.35. The molecule has 0 aliphatic carbocycles. The van der Waals surface area contributed by atoms with Crippen molar-refractivity contribution in [1.82, 2.24) is 14.9 Å². The summed E-state index contributed by atoms with van der Waals surface area (Å²) in [7, 11) is 0. The molecular weight excluding hydrogens is 250 g/mol. The van der Waals surface area contributed by atoms with E-state index in [1.165, 1.54) is 22.2 Å². The van der Waals surface area contributed by atoms with E-state index in [9.17, 15) is 9.59 Å². The van der Waals surface area contributed by atoms with Gasteiger partial charge in [0.05, 0.1) is 11.8 Å². The number of carbonyl (C=O) groups excluding carboxylic acids is 1. The van der Waals surface area contributed by atoms with Gasteiger partial charge in [-0.2, -0.15) is 0 Å². The number of hydrogen-bond acceptors (Lipinski definition) is 4. The molecule has 0 atom stereocenters. The van der Waals surface area contributed by atoms with Gasteiger partial charge in [0.25, 0.3) is 5.56 Å². The monoisotopic (exact) mass is 265 g/mol. The Labute approximate surface area is 108 Å². The zero-order valence-corrected chi connectivity index (χ0v) is 11.2. The minimum absolute atomic E-state index is 0.0526. The summed E-state index contributed by atoms with van der Waals surface area (Å²) in [4.78, 5) is 27.7. The maximum Gasteiger partial charge on any atom is 0.271 e. The SMILES string of the molecule is CC(C)NC(=O)CCn1cnc2ccsc2c1=O. The van der Waals surface area contributed by atoms with E-state index in [4.69, 9.17) is 0 Å². The predicted octanol–water partition coefficient (Wildman–Crippen LogP) is 1.37. The molecule has 2 aromatic rings. The molecular formula is C12H15N3O2S. The molecule has 0 fully saturated rings. The van der Waals surface area contributed by atoms with Gasteiger partial charge < -0.3 is 5.32 Å². The average molecular weight is 265 g/mol. The van der Waals surface area contributed by atoms with Gasteiger partial charge in [0, 0.05) is 19.0 Å². The van der Waals surface area contributed by atoms with Crippen molar-refractivity contribution in [2.45, 2.75) is 32.9 Å². The summed E-state index contributed by atoms with van der Waals surface area (Å²) >= 11 is 1.38. The maximum atomic E-state index is 12.0. The van der Waals surface area contributed by atoms with Gasteiger partial charge in [-0.1, -0.05) is 0 Å². The Morgan fingerprint density at radius 1 is 1.56 bits per heavy atom. The summed E-state index contributed by atoms with van der Waals surface area (Å²) in [5, 5.41) is 4.63. The quantitative estimate of drug-likeness (QED) is 0.908. The number of nitrogens with one attached hydrogen (secondary N) is 1. The van der Waals surface area contributed by atoms with Gasteiger partial charge in [-0.15, -0.1) is 11.3 Å². The molecule has 0 bridgehead atoms. The van der Waals surface area contributed by atoms with Crippen LogP contribution in [-0.4, -0.2) is 21.5 Å². The molecule has 0 unspecified atom stereocenters. The number of carbonyl (C=O) groups is 1. The van der Waals surface area contributed by atoms with Gasteiger partial charge in [0.1, 0.15) is 4.70 Å². The first-order chi connectivity index (χ1) is 8.58. The van der Waals surface area contributed by atoms with Crippen LogP contribution in [0, 0.1) is 0 Å². The van der Waals surface area contributed by atoms with Crippen molar-refractivity contribution >= 4 is 27.5 Å². The molecule has 0 saturated carbocycles. The van der Waals surface area contributed by atoms with Crippen molar-refractivity contribution in [1.29, 1.82) is 0 Å². The molecule has 0 spiro atoms. The molecule has 2 aromatic heterocycles. The Hall–Kier alpha value is -1.69. The molecule has 18 heavy (non-hydrogen) atoms. The number of rotatable bonds is 4. The highest BCUT2D eigenvalue weighted by Gasteiger charge is 2.07. The fourth-order valence-electron chi connectivity index (χ4n) is 1.65. The standard InChI is InChI=1S/C12H15N3O2S/c1-8(2)14-10(16)3-5-15-7-13-9-4-6-18-11(9)12(15)17/h4,6-8H,3,5H2,1-2H3,(H,14,16). The van der Waals surface area contributed by atoms with Crippen LogP contribution in [0.25, 0.3) is 10.2 Å². The maximum absolute atomic E-state index is 12.0. The normalized spacial score (nSPS) is 11.1. The molecule has 1 N–H and O–H groups in total. The van der Waals surface area contributed by atoms with Crippen molar-refractivity contribution in [3.63, 3.8) is 0 Å². The molecule has 2 rings (SSSR count). The van der Waals surface area contributed by atoms with E-state index >= 15 is 0 Å². The Morgan fingerprint density at radius 3 is 3.06 bits per heavy atom. The zero-order valence-electron chi connectivity index (χ0n) is 10.3. The molecule has 2 heterocycles. The Bertz CT molecular complexity index is 615. The first-order valence-electron chi connectivity index (χ1n) is 5.80. The molecule has 0 saturated heterocycles. The number of nitrogens with zero attached hydrogens (tertiary/aromatic N) is 2. The van der Waals surface area contributed by atoms with Gasteiger partial charge in [-0.25, -0.2) is 4.98 Å². The molecule has 0 radical (unpaired) electrons. The van der Waals surface area contributed by atoms with Gasteiger partial charge in [0.2, 0.25) is 5.91 Å². The summed E-state index contributed by atoms with van der Waals surface area (Å²) in [5.41, 5.74) is 0.639. The zero-order chi connectivity index (χ0) is 13.1. The van der Waals surface area contributed by atoms with Crippen LogP contribution in [0.1, 0.15) is 20.3 Å². The Balaban J connectivity index is 2.10. The highest BCUT2D eigenvalue weighted by molar-refractivity contribution is 7.17. The van der Waals surface area contributed by atoms with E-state index in [2.05, 4.69) is 10.3 Å². The van der Waals surface area contributed by atoms with Crippen LogP contribution in [0.4, 0.5) is 0 Å². The van der Waals surface area contributed by atoms with Crippen molar-refractivity contribution < 1.29 is 4.79 Å². The third-order valence-electron chi connectivity index (χ3n) is 2.47. The summed E-state index contributed by atoms with van der Waals surface area (Å²) in [6.07, 6.45) is 1.79. The number of hydrogen-bond donors (Lipinski definition) is 1. The van der Waals surface area contributed by atoms with E-state index in [1.54, 1.807) is 0 Å². The number of aryl methyl sites for hydroxylation is 1. The number of amides is 1. The molecule has 5 nitrogen and oxygen atoms in total. The second kappa shape index (κ2) is 5.30. The third-order valence-corrected chi connectivity index (χ3v) is 3.36. The summed E-state index contributed by atoms with van der Waals surface area (Å²) < 4.78 is 2.13. The summed E-state index contributed by atoms with van der Waals surface area (Å²) in [6, 6.07) is 1.93. The smallest absolute Gasteiger partial charge is 0.271 e. The van der Waals surface area contributed by atoms with Crippen LogP contribution in [0.2, 0.25) is 0 Å². The lowest BCUT2D eigenvalue weighted by Crippen LogP contribution is -2.32. The minimum Gasteiger partial charge on any atom is -0.354 e. The predicted molar refractivity (Wildman–Crippen MR) is 71.8 cm³/mol. The van der Waals surface area contributed by atoms with Crippen LogP contribution in [-0.2, 0) is 11.3 Å². The number of fused-ring (bicyclic) bond motifs is 1. The van der Waals surface area contributed by atoms with Gasteiger partial charge >= 0.3 is 0 Å². The molecule has 0 aliphatic heterocycles. The van der Waals surface area contributed by atoms with Gasteiger partial charge in [0.15, 0.2) is 0 Å². The Kier molecular flexibility index (Phi) is 3.76. The lowest BCUT2D eigenvalue weighted by Gasteiger charge is -2.09. The molecule has 96 valence electrons. The third kappa shape index (κ3) is 2.76. The first kappa shape index (κ1) is 12.8. The average Bonchev–Trinajstić information content (AvgIpc) is 2.76. The van der Waals surface area contributed by atoms with E-state index in [0.29, 0.717) is 16.8 Å². The molecule has 1 amide bonds. The highest BCUT2D eigenvalue weighted by atomic mass is 32.1. The van der Waals surface area contributed by atoms with Crippen LogP contribution >= 0.6 is 11.3 Å². The first-order valence-corrected chi connectivity index (χ1v) is 6.68. The molecule has 6 heteroatoms. The van der Waals surface area contributed by atoms with E-state index in [0.717, 1.165) is 0 Å². The van der Waals surface area contributed by atoms with Crippen LogP contribution in [0.5, 0.6) is 0 Å². The fraction of sp³-hybridized carbons (Fsp3) is 0.417.